The van der Waals surface area contributed by atoms with Gasteiger partial charge in [0.25, 0.3) is 0 Å². The van der Waals surface area contributed by atoms with Crippen molar-refractivity contribution < 1.29 is 4.79 Å². The molecule has 1 amide bonds. The molecule has 1 aromatic heterocycles. The maximum absolute atomic E-state index is 12.5. The summed E-state index contributed by atoms with van der Waals surface area (Å²) in [5, 5.41) is 4.42. The van der Waals surface area contributed by atoms with Crippen LogP contribution < -0.4 is 0 Å². The Morgan fingerprint density at radius 2 is 1.83 bits per heavy atom. The molecule has 18 heavy (non-hydrogen) atoms. The molecular formula is C14H23N3O. The van der Waals surface area contributed by atoms with Crippen LogP contribution in [-0.2, 0) is 4.79 Å². The van der Waals surface area contributed by atoms with Crippen LogP contribution in [0.1, 0.15) is 50.0 Å². The molecule has 0 saturated carbocycles. The van der Waals surface area contributed by atoms with Gasteiger partial charge in [-0.05, 0) is 39.7 Å². The van der Waals surface area contributed by atoms with Gasteiger partial charge in [0.2, 0.25) is 5.91 Å². The van der Waals surface area contributed by atoms with Gasteiger partial charge in [-0.1, -0.05) is 12.8 Å². The number of likely N-dealkylation sites (tertiary alicyclic amines) is 1. The summed E-state index contributed by atoms with van der Waals surface area (Å²) in [7, 11) is 0. The highest BCUT2D eigenvalue weighted by Gasteiger charge is 2.24. The fourth-order valence-corrected chi connectivity index (χ4v) is 2.70. The predicted octanol–water partition coefficient (Wildman–Crippen LogP) is 2.46. The van der Waals surface area contributed by atoms with Crippen molar-refractivity contribution in [1.29, 1.82) is 0 Å². The Morgan fingerprint density at radius 1 is 1.22 bits per heavy atom. The minimum atomic E-state index is -0.184. The Balaban J connectivity index is 2.10. The van der Waals surface area contributed by atoms with Crippen LogP contribution in [0.3, 0.4) is 0 Å². The SMILES string of the molecule is Cc1cc(C)n(C(C)C(=O)N2CCCCCC2)n1. The monoisotopic (exact) mass is 249 g/mol. The van der Waals surface area contributed by atoms with E-state index in [-0.39, 0.29) is 11.9 Å². The van der Waals surface area contributed by atoms with E-state index in [4.69, 9.17) is 0 Å². The van der Waals surface area contributed by atoms with Gasteiger partial charge in [-0.3, -0.25) is 9.48 Å². The first-order chi connectivity index (χ1) is 8.59. The van der Waals surface area contributed by atoms with Gasteiger partial charge in [0.05, 0.1) is 5.69 Å². The number of hydrogen-bond donors (Lipinski definition) is 0. The molecule has 0 aliphatic carbocycles. The zero-order valence-electron chi connectivity index (χ0n) is 11.6. The molecule has 1 unspecified atom stereocenters. The number of nitrogens with zero attached hydrogens (tertiary/aromatic N) is 3. The smallest absolute Gasteiger partial charge is 0.247 e. The van der Waals surface area contributed by atoms with Crippen LogP contribution in [0.5, 0.6) is 0 Å². The molecule has 4 nitrogen and oxygen atoms in total. The third kappa shape index (κ3) is 2.74. The van der Waals surface area contributed by atoms with E-state index >= 15 is 0 Å². The first-order valence-electron chi connectivity index (χ1n) is 6.91. The predicted molar refractivity (Wildman–Crippen MR) is 71.5 cm³/mol. The molecule has 0 aromatic carbocycles. The van der Waals surface area contributed by atoms with Crippen molar-refractivity contribution in [3.8, 4) is 0 Å². The molecule has 1 fully saturated rings. The van der Waals surface area contributed by atoms with E-state index in [1.54, 1.807) is 0 Å². The molecule has 4 heteroatoms. The van der Waals surface area contributed by atoms with Crippen molar-refractivity contribution in [3.63, 3.8) is 0 Å². The average molecular weight is 249 g/mol. The summed E-state index contributed by atoms with van der Waals surface area (Å²) in [5.41, 5.74) is 2.03. The highest BCUT2D eigenvalue weighted by molar-refractivity contribution is 5.80. The van der Waals surface area contributed by atoms with Gasteiger partial charge in [0, 0.05) is 18.8 Å². The van der Waals surface area contributed by atoms with E-state index in [0.29, 0.717) is 0 Å². The van der Waals surface area contributed by atoms with Crippen LogP contribution in [-0.4, -0.2) is 33.7 Å². The Bertz CT molecular complexity index is 417. The van der Waals surface area contributed by atoms with Crippen LogP contribution in [0.25, 0.3) is 0 Å². The molecule has 1 aliphatic heterocycles. The highest BCUT2D eigenvalue weighted by atomic mass is 16.2. The van der Waals surface area contributed by atoms with Crippen molar-refractivity contribution in [2.75, 3.05) is 13.1 Å². The second-order valence-electron chi connectivity index (χ2n) is 5.29. The standard InChI is InChI=1S/C14H23N3O/c1-11-10-12(2)17(15-11)13(3)14(18)16-8-6-4-5-7-9-16/h10,13H,4-9H2,1-3H3. The van der Waals surface area contributed by atoms with Crippen LogP contribution in [0.15, 0.2) is 6.07 Å². The van der Waals surface area contributed by atoms with Crippen LogP contribution >= 0.6 is 0 Å². The number of carbonyl (C=O) groups is 1. The van der Waals surface area contributed by atoms with Gasteiger partial charge in [0.1, 0.15) is 6.04 Å². The number of aromatic nitrogens is 2. The first kappa shape index (κ1) is 13.1. The topological polar surface area (TPSA) is 38.1 Å². The van der Waals surface area contributed by atoms with E-state index in [1.807, 2.05) is 36.4 Å². The molecule has 100 valence electrons. The van der Waals surface area contributed by atoms with Crippen molar-refractivity contribution >= 4 is 5.91 Å². The Kier molecular flexibility index (Phi) is 4.04. The van der Waals surface area contributed by atoms with Gasteiger partial charge < -0.3 is 4.90 Å². The number of rotatable bonds is 2. The quantitative estimate of drug-likeness (QED) is 0.807. The lowest BCUT2D eigenvalue weighted by Gasteiger charge is -2.24. The molecule has 2 heterocycles. The second kappa shape index (κ2) is 5.55. The third-order valence-corrected chi connectivity index (χ3v) is 3.69. The Labute approximate surface area is 109 Å². The van der Waals surface area contributed by atoms with Gasteiger partial charge in [-0.25, -0.2) is 0 Å². The van der Waals surface area contributed by atoms with E-state index < -0.39 is 0 Å². The fraction of sp³-hybridized carbons (Fsp3) is 0.714. The van der Waals surface area contributed by atoms with E-state index in [2.05, 4.69) is 5.10 Å². The molecule has 0 bridgehead atoms. The van der Waals surface area contributed by atoms with Crippen molar-refractivity contribution in [3.05, 3.63) is 17.5 Å². The van der Waals surface area contributed by atoms with Gasteiger partial charge >= 0.3 is 0 Å². The molecule has 1 saturated heterocycles. The number of amides is 1. The maximum atomic E-state index is 12.5. The molecule has 1 aromatic rings. The first-order valence-corrected chi connectivity index (χ1v) is 6.91. The highest BCUT2D eigenvalue weighted by Crippen LogP contribution is 2.17. The van der Waals surface area contributed by atoms with Crippen LogP contribution in [0.2, 0.25) is 0 Å². The van der Waals surface area contributed by atoms with E-state index in [1.165, 1.54) is 12.8 Å². The minimum absolute atomic E-state index is 0.184. The summed E-state index contributed by atoms with van der Waals surface area (Å²) < 4.78 is 1.85. The van der Waals surface area contributed by atoms with Crippen molar-refractivity contribution in [2.24, 2.45) is 0 Å². The number of hydrogen-bond acceptors (Lipinski definition) is 2. The van der Waals surface area contributed by atoms with Crippen molar-refractivity contribution in [2.45, 2.75) is 52.5 Å². The molecule has 0 radical (unpaired) electrons. The summed E-state index contributed by atoms with van der Waals surface area (Å²) >= 11 is 0. The summed E-state index contributed by atoms with van der Waals surface area (Å²) in [5.74, 6) is 0.211. The average Bonchev–Trinajstić information content (AvgIpc) is 2.59. The summed E-state index contributed by atoms with van der Waals surface area (Å²) in [6, 6.07) is 1.84. The minimum Gasteiger partial charge on any atom is -0.341 e. The maximum Gasteiger partial charge on any atom is 0.247 e. The third-order valence-electron chi connectivity index (χ3n) is 3.69. The van der Waals surface area contributed by atoms with Crippen molar-refractivity contribution in [1.82, 2.24) is 14.7 Å². The van der Waals surface area contributed by atoms with Crippen LogP contribution in [0, 0.1) is 13.8 Å². The summed E-state index contributed by atoms with van der Waals surface area (Å²) in [6.07, 6.45) is 4.77. The van der Waals surface area contributed by atoms with Crippen LogP contribution in [0.4, 0.5) is 0 Å². The second-order valence-corrected chi connectivity index (χ2v) is 5.29. The van der Waals surface area contributed by atoms with E-state index in [0.717, 1.165) is 37.3 Å². The Morgan fingerprint density at radius 3 is 2.33 bits per heavy atom. The van der Waals surface area contributed by atoms with Gasteiger partial charge in [-0.15, -0.1) is 0 Å². The largest absolute Gasteiger partial charge is 0.341 e. The number of carbonyl (C=O) groups excluding carboxylic acids is 1. The van der Waals surface area contributed by atoms with Gasteiger partial charge in [0.15, 0.2) is 0 Å². The lowest BCUT2D eigenvalue weighted by atomic mass is 10.2. The normalized spacial score (nSPS) is 18.5. The lowest BCUT2D eigenvalue weighted by Crippen LogP contribution is -2.37. The van der Waals surface area contributed by atoms with E-state index in [9.17, 15) is 4.79 Å². The molecule has 2 rings (SSSR count). The molecule has 1 atom stereocenters. The zero-order chi connectivity index (χ0) is 13.1. The summed E-state index contributed by atoms with van der Waals surface area (Å²) in [4.78, 5) is 14.5. The zero-order valence-corrected chi connectivity index (χ0v) is 11.6. The lowest BCUT2D eigenvalue weighted by molar-refractivity contribution is -0.134. The molecule has 1 aliphatic rings. The molecule has 0 N–H and O–H groups in total. The van der Waals surface area contributed by atoms with Gasteiger partial charge in [-0.2, -0.15) is 5.10 Å². The molecular weight excluding hydrogens is 226 g/mol. The molecule has 0 spiro atoms. The number of aryl methyl sites for hydroxylation is 2. The summed E-state index contributed by atoms with van der Waals surface area (Å²) in [6.45, 7) is 7.73. The fourth-order valence-electron chi connectivity index (χ4n) is 2.70. The Hall–Kier alpha value is -1.32.